The zero-order valence-electron chi connectivity index (χ0n) is 25.2. The van der Waals surface area contributed by atoms with Crippen LogP contribution < -0.4 is 9.80 Å². The van der Waals surface area contributed by atoms with Crippen LogP contribution in [0.25, 0.3) is 11.1 Å². The normalized spacial score (nSPS) is 13.3. The molecule has 0 aromatic heterocycles. The van der Waals surface area contributed by atoms with E-state index < -0.39 is 0 Å². The molecule has 8 rings (SSSR count). The Morgan fingerprint density at radius 2 is 0.587 bits per heavy atom. The van der Waals surface area contributed by atoms with E-state index in [9.17, 15) is 0 Å². The van der Waals surface area contributed by atoms with E-state index >= 15 is 0 Å². The molecule has 2 aliphatic rings. The van der Waals surface area contributed by atoms with Gasteiger partial charge < -0.3 is 9.80 Å². The van der Waals surface area contributed by atoms with Crippen molar-refractivity contribution in [1.82, 2.24) is 0 Å². The molecule has 228 valence electrons. The van der Waals surface area contributed by atoms with Crippen molar-refractivity contribution in [2.24, 2.45) is 0 Å². The summed E-state index contributed by atoms with van der Waals surface area (Å²) in [5, 5.41) is 0. The summed E-state index contributed by atoms with van der Waals surface area (Å²) >= 11 is 7.39. The van der Waals surface area contributed by atoms with Gasteiger partial charge >= 0.3 is 64.9 Å². The number of rotatable bonds is 3. The summed E-state index contributed by atoms with van der Waals surface area (Å²) in [4.78, 5) is 4.58. The van der Waals surface area contributed by atoms with Crippen LogP contribution in [-0.2, 0) is 30.6 Å². The Kier molecular flexibility index (Phi) is 10.4. The van der Waals surface area contributed by atoms with Crippen molar-refractivity contribution in [3.8, 4) is 11.1 Å². The Labute approximate surface area is 309 Å². The zero-order valence-corrected chi connectivity index (χ0v) is 33.0. The van der Waals surface area contributed by atoms with Crippen LogP contribution in [-0.4, -0.2) is 0 Å². The van der Waals surface area contributed by atoms with Crippen LogP contribution in [0.15, 0.2) is 146 Å². The largest absolute Gasteiger partial charge is 0.310 e. The van der Waals surface area contributed by atoms with Crippen LogP contribution in [0.3, 0.4) is 0 Å². The molecule has 2 nitrogen and oxygen atoms in total. The van der Waals surface area contributed by atoms with E-state index in [-0.39, 0.29) is 4.92 Å². The van der Waals surface area contributed by atoms with Crippen LogP contribution >= 0.6 is 59.9 Å². The van der Waals surface area contributed by atoms with E-state index in [0.29, 0.717) is 0 Å². The van der Waals surface area contributed by atoms with Crippen molar-refractivity contribution in [2.75, 3.05) is 9.80 Å². The summed E-state index contributed by atoms with van der Waals surface area (Å²) in [7, 11) is 0. The topological polar surface area (TPSA) is 6.48 Å². The van der Waals surface area contributed by atoms with E-state index in [2.05, 4.69) is 215 Å². The first-order chi connectivity index (χ1) is 22.6. The van der Waals surface area contributed by atoms with Gasteiger partial charge in [0.05, 0.1) is 0 Å². The number of hydrogen-bond acceptors (Lipinski definition) is 2. The number of halogens is 3. The van der Waals surface area contributed by atoms with Gasteiger partial charge in [0.25, 0.3) is 0 Å². The minimum atomic E-state index is -0.278. The van der Waals surface area contributed by atoms with Gasteiger partial charge in [-0.25, -0.2) is 0 Å². The molecule has 0 saturated heterocycles. The summed E-state index contributed by atoms with van der Waals surface area (Å²) < 4.78 is 0. The Hall–Kier alpha value is -2.31. The zero-order chi connectivity index (χ0) is 31.5. The van der Waals surface area contributed by atoms with Gasteiger partial charge in [0.2, 0.25) is 0 Å². The first-order valence-corrected chi connectivity index (χ1v) is 29.0. The molecule has 0 amide bonds. The molecule has 0 aliphatic carbocycles. The maximum Gasteiger partial charge on any atom is 0.0493 e. The predicted molar refractivity (Wildman–Crippen MR) is 218 cm³/mol. The molecule has 0 unspecified atom stereocenters. The quantitative estimate of drug-likeness (QED) is 0.163. The molecule has 46 heavy (non-hydrogen) atoms. The van der Waals surface area contributed by atoms with Gasteiger partial charge in [-0.1, -0.05) is 97.1 Å². The van der Waals surface area contributed by atoms with Gasteiger partial charge in [-0.05, 0) is 108 Å². The molecule has 6 aromatic rings. The monoisotopic (exact) mass is 972 g/mol. The Morgan fingerprint density at radius 1 is 0.348 bits per heavy atom. The fourth-order valence-electron chi connectivity index (χ4n) is 6.72. The van der Waals surface area contributed by atoms with Crippen molar-refractivity contribution in [1.29, 1.82) is 0 Å². The smallest absolute Gasteiger partial charge is 0.0493 e. The van der Waals surface area contributed by atoms with Crippen molar-refractivity contribution >= 4 is 94.1 Å². The molecule has 0 spiro atoms. The molecular formula is C40H32I3N2V. The van der Waals surface area contributed by atoms with Gasteiger partial charge in [0, 0.05) is 34.1 Å². The molecule has 0 fully saturated rings. The van der Waals surface area contributed by atoms with Gasteiger partial charge in [-0.2, -0.15) is 0 Å². The standard InChI is InChI=1S/C40H32N2.3HI.V/c1-5-13-37-31(9-1)17-18-32-10-2-6-14-38(32)41(37)35-25-21-29(22-26-35)30-23-27-36(28-24-30)42-39-15-7-3-11-33(39)19-20-34-12-4-8-16-40(34)42;;;;/h1-16,21-28H,17-20H2;3*1H;/q;;;;+3/p-3. The third-order valence-electron chi connectivity index (χ3n) is 8.84. The molecule has 0 bridgehead atoms. The number of fused-ring (bicyclic) bond motifs is 4. The second kappa shape index (κ2) is 14.9. The van der Waals surface area contributed by atoms with Crippen LogP contribution in [0.2, 0.25) is 0 Å². The van der Waals surface area contributed by atoms with Crippen LogP contribution in [0, 0.1) is 0 Å². The van der Waals surface area contributed by atoms with Gasteiger partial charge in [0.1, 0.15) is 0 Å². The van der Waals surface area contributed by atoms with Gasteiger partial charge in [0.15, 0.2) is 0 Å². The third kappa shape index (κ3) is 6.95. The summed E-state index contributed by atoms with van der Waals surface area (Å²) in [5.41, 5.74) is 15.5. The van der Waals surface area contributed by atoms with Gasteiger partial charge in [-0.3, -0.25) is 0 Å². The van der Waals surface area contributed by atoms with Crippen LogP contribution in [0.1, 0.15) is 22.3 Å². The molecular weight excluding hydrogens is 940 g/mol. The van der Waals surface area contributed by atoms with Gasteiger partial charge in [-0.15, -0.1) is 0 Å². The number of para-hydroxylation sites is 4. The minimum absolute atomic E-state index is 0.278. The van der Waals surface area contributed by atoms with Crippen molar-refractivity contribution in [3.63, 3.8) is 0 Å². The van der Waals surface area contributed by atoms with Crippen LogP contribution in [0.5, 0.6) is 0 Å². The molecule has 0 atom stereocenters. The summed E-state index contributed by atoms with van der Waals surface area (Å²) in [6, 6.07) is 53.4. The average Bonchev–Trinajstić information content (AvgIpc) is 3.37. The Balaban J connectivity index is 0.000000801. The number of anilines is 6. The summed E-state index contributed by atoms with van der Waals surface area (Å²) in [6.07, 6.45) is 4.22. The second-order valence-electron chi connectivity index (χ2n) is 11.5. The fourth-order valence-corrected chi connectivity index (χ4v) is 6.72. The number of nitrogens with zero attached hydrogens (tertiary/aromatic N) is 2. The third-order valence-corrected chi connectivity index (χ3v) is 8.84. The van der Waals surface area contributed by atoms with E-state index in [0.717, 1.165) is 25.7 Å². The molecule has 0 saturated carbocycles. The van der Waals surface area contributed by atoms with Crippen molar-refractivity contribution in [2.45, 2.75) is 25.7 Å². The van der Waals surface area contributed by atoms with E-state index in [1.165, 1.54) is 67.5 Å². The minimum Gasteiger partial charge on any atom is -0.310 e. The Bertz CT molecular complexity index is 1720. The summed E-state index contributed by atoms with van der Waals surface area (Å²) in [6.45, 7) is 0. The maximum absolute atomic E-state index is 2.46. The van der Waals surface area contributed by atoms with E-state index in [1.54, 1.807) is 0 Å². The first-order valence-electron chi connectivity index (χ1n) is 15.5. The number of aryl methyl sites for hydroxylation is 4. The average molecular weight is 972 g/mol. The summed E-state index contributed by atoms with van der Waals surface area (Å²) in [5.74, 6) is 0. The SMILES string of the molecule is [I][V]([I])[I].c1ccc2c(c1)CCc1ccccc1N2c1ccc(-c2ccc(N3c4ccccc4CCc4ccccc43)cc2)cc1. The number of benzene rings is 6. The first kappa shape index (κ1) is 32.3. The van der Waals surface area contributed by atoms with E-state index in [1.807, 2.05) is 0 Å². The molecule has 2 heterocycles. The number of hydrogen-bond donors (Lipinski definition) is 0. The fraction of sp³-hybridized carbons (Fsp3) is 0.100. The van der Waals surface area contributed by atoms with Crippen LogP contribution in [0.4, 0.5) is 34.1 Å². The molecule has 0 radical (unpaired) electrons. The predicted octanol–water partition coefficient (Wildman–Crippen LogP) is 13.1. The van der Waals surface area contributed by atoms with E-state index in [4.69, 9.17) is 0 Å². The molecule has 2 aliphatic heterocycles. The van der Waals surface area contributed by atoms with Crippen molar-refractivity contribution < 1.29 is 4.92 Å². The second-order valence-corrected chi connectivity index (χ2v) is 46.8. The molecule has 6 aromatic carbocycles. The molecule has 6 heteroatoms. The van der Waals surface area contributed by atoms with Crippen molar-refractivity contribution in [3.05, 3.63) is 168 Å². The molecule has 0 N–H and O–H groups in total. The Morgan fingerprint density at radius 3 is 0.848 bits per heavy atom. The maximum atomic E-state index is 2.46.